The average Bonchev–Trinajstić information content (AvgIpc) is 3.11. The van der Waals surface area contributed by atoms with E-state index in [1.54, 1.807) is 0 Å². The van der Waals surface area contributed by atoms with Crippen molar-refractivity contribution in [2.24, 2.45) is 5.92 Å². The number of aliphatic hydroxyl groups excluding tert-OH is 1. The van der Waals surface area contributed by atoms with E-state index < -0.39 is 0 Å². The first-order valence-corrected chi connectivity index (χ1v) is 7.38. The minimum Gasteiger partial charge on any atom is -0.391 e. The van der Waals surface area contributed by atoms with Gasteiger partial charge in [-0.15, -0.1) is 0 Å². The van der Waals surface area contributed by atoms with Crippen molar-refractivity contribution in [2.45, 2.75) is 64.1 Å². The predicted molar refractivity (Wildman–Crippen MR) is 71.2 cm³/mol. The fraction of sp³-hybridized carbons (Fsp3) is 0.929. The van der Waals surface area contributed by atoms with E-state index in [9.17, 15) is 9.90 Å². The third-order valence-electron chi connectivity index (χ3n) is 4.31. The van der Waals surface area contributed by atoms with Crippen LogP contribution in [-0.2, 0) is 4.79 Å². The van der Waals surface area contributed by atoms with E-state index in [1.165, 1.54) is 12.8 Å². The molecule has 0 radical (unpaired) electrons. The van der Waals surface area contributed by atoms with E-state index in [-0.39, 0.29) is 18.1 Å². The molecule has 1 heterocycles. The van der Waals surface area contributed by atoms with Crippen LogP contribution >= 0.6 is 0 Å². The standard InChI is InChI=1S/C14H26N2O2/c1-3-10(4-2)13(17)9-16-8-7-12(14(16)18)15-11-5-6-11/h10-13,15,17H,3-9H2,1-2H3. The molecule has 4 nitrogen and oxygen atoms in total. The van der Waals surface area contributed by atoms with Crippen molar-refractivity contribution in [1.29, 1.82) is 0 Å². The van der Waals surface area contributed by atoms with E-state index in [1.807, 2.05) is 4.90 Å². The number of hydrogen-bond donors (Lipinski definition) is 2. The second-order valence-electron chi connectivity index (χ2n) is 5.71. The SMILES string of the molecule is CCC(CC)C(O)CN1CCC(NC2CC2)C1=O. The number of β-amino-alcohol motifs (C(OH)–C–C–N with tert-alkyl or cyclic N) is 1. The van der Waals surface area contributed by atoms with Crippen LogP contribution in [0.3, 0.4) is 0 Å². The lowest BCUT2D eigenvalue weighted by molar-refractivity contribution is -0.131. The number of likely N-dealkylation sites (tertiary alicyclic amines) is 1. The van der Waals surface area contributed by atoms with E-state index in [2.05, 4.69) is 19.2 Å². The van der Waals surface area contributed by atoms with Crippen molar-refractivity contribution in [3.05, 3.63) is 0 Å². The molecule has 2 atom stereocenters. The molecule has 2 rings (SSSR count). The van der Waals surface area contributed by atoms with Gasteiger partial charge in [0.15, 0.2) is 0 Å². The van der Waals surface area contributed by atoms with Gasteiger partial charge in [-0.05, 0) is 25.2 Å². The smallest absolute Gasteiger partial charge is 0.239 e. The fourth-order valence-corrected chi connectivity index (χ4v) is 2.82. The molecular weight excluding hydrogens is 228 g/mol. The topological polar surface area (TPSA) is 52.6 Å². The summed E-state index contributed by atoms with van der Waals surface area (Å²) in [6.07, 6.45) is 4.89. The van der Waals surface area contributed by atoms with E-state index in [0.29, 0.717) is 18.5 Å². The third kappa shape index (κ3) is 3.23. The normalized spacial score (nSPS) is 26.1. The largest absolute Gasteiger partial charge is 0.391 e. The predicted octanol–water partition coefficient (Wildman–Crippen LogP) is 1.14. The summed E-state index contributed by atoms with van der Waals surface area (Å²) in [6, 6.07) is 0.578. The Kier molecular flexibility index (Phi) is 4.62. The Hall–Kier alpha value is -0.610. The summed E-state index contributed by atoms with van der Waals surface area (Å²) >= 11 is 0. The number of amides is 1. The van der Waals surface area contributed by atoms with Crippen LogP contribution in [0.25, 0.3) is 0 Å². The third-order valence-corrected chi connectivity index (χ3v) is 4.31. The molecule has 4 heteroatoms. The lowest BCUT2D eigenvalue weighted by Gasteiger charge is -2.25. The van der Waals surface area contributed by atoms with E-state index >= 15 is 0 Å². The van der Waals surface area contributed by atoms with Crippen LogP contribution < -0.4 is 5.32 Å². The first kappa shape index (κ1) is 13.8. The van der Waals surface area contributed by atoms with E-state index in [0.717, 1.165) is 25.8 Å². The number of nitrogens with one attached hydrogen (secondary N) is 1. The summed E-state index contributed by atoms with van der Waals surface area (Å²) < 4.78 is 0. The molecule has 2 fully saturated rings. The molecule has 2 unspecified atom stereocenters. The number of hydrogen-bond acceptors (Lipinski definition) is 3. The molecule has 2 aliphatic rings. The zero-order valence-corrected chi connectivity index (χ0v) is 11.6. The molecule has 1 saturated heterocycles. The van der Waals surface area contributed by atoms with Crippen molar-refractivity contribution in [1.82, 2.24) is 10.2 Å². The summed E-state index contributed by atoms with van der Waals surface area (Å²) in [5.41, 5.74) is 0. The summed E-state index contributed by atoms with van der Waals surface area (Å²) in [5, 5.41) is 13.5. The van der Waals surface area contributed by atoms with Gasteiger partial charge in [0.2, 0.25) is 5.91 Å². The van der Waals surface area contributed by atoms with Crippen molar-refractivity contribution in [3.8, 4) is 0 Å². The van der Waals surface area contributed by atoms with Crippen molar-refractivity contribution >= 4 is 5.91 Å². The van der Waals surface area contributed by atoms with Gasteiger partial charge in [0.1, 0.15) is 0 Å². The van der Waals surface area contributed by atoms with Crippen molar-refractivity contribution < 1.29 is 9.90 Å². The van der Waals surface area contributed by atoms with Gasteiger partial charge in [0, 0.05) is 19.1 Å². The fourth-order valence-electron chi connectivity index (χ4n) is 2.82. The molecule has 1 amide bonds. The highest BCUT2D eigenvalue weighted by molar-refractivity contribution is 5.84. The number of rotatable bonds is 7. The Morgan fingerprint density at radius 2 is 2.00 bits per heavy atom. The highest BCUT2D eigenvalue weighted by Gasteiger charge is 2.36. The first-order chi connectivity index (χ1) is 8.65. The number of carbonyl (C=O) groups is 1. The maximum absolute atomic E-state index is 12.2. The number of nitrogens with zero attached hydrogens (tertiary/aromatic N) is 1. The summed E-state index contributed by atoms with van der Waals surface area (Å²) in [6.45, 7) is 5.50. The van der Waals surface area contributed by atoms with Crippen LogP contribution in [0.2, 0.25) is 0 Å². The minimum absolute atomic E-state index is 0.00593. The van der Waals surface area contributed by atoms with Gasteiger partial charge in [-0.3, -0.25) is 4.79 Å². The Morgan fingerprint density at radius 3 is 2.56 bits per heavy atom. The molecule has 18 heavy (non-hydrogen) atoms. The van der Waals surface area contributed by atoms with Crippen LogP contribution in [0.4, 0.5) is 0 Å². The molecule has 1 saturated carbocycles. The summed E-state index contributed by atoms with van der Waals surface area (Å²) in [7, 11) is 0. The molecule has 0 bridgehead atoms. The monoisotopic (exact) mass is 254 g/mol. The zero-order chi connectivity index (χ0) is 13.1. The van der Waals surface area contributed by atoms with Crippen LogP contribution in [0.5, 0.6) is 0 Å². The average molecular weight is 254 g/mol. The Balaban J connectivity index is 1.80. The highest BCUT2D eigenvalue weighted by atomic mass is 16.3. The maximum Gasteiger partial charge on any atom is 0.239 e. The molecule has 0 aromatic rings. The molecule has 0 aromatic heterocycles. The molecular formula is C14H26N2O2. The van der Waals surface area contributed by atoms with Crippen LogP contribution in [0.1, 0.15) is 46.0 Å². The number of carbonyl (C=O) groups excluding carboxylic acids is 1. The lowest BCUT2D eigenvalue weighted by atomic mass is 9.96. The quantitative estimate of drug-likeness (QED) is 0.716. The molecule has 0 spiro atoms. The van der Waals surface area contributed by atoms with Gasteiger partial charge in [0.05, 0.1) is 12.1 Å². The molecule has 1 aliphatic heterocycles. The van der Waals surface area contributed by atoms with E-state index in [4.69, 9.17) is 0 Å². The molecule has 104 valence electrons. The summed E-state index contributed by atoms with van der Waals surface area (Å²) in [5.74, 6) is 0.500. The zero-order valence-electron chi connectivity index (χ0n) is 11.6. The van der Waals surface area contributed by atoms with Crippen LogP contribution in [0.15, 0.2) is 0 Å². The van der Waals surface area contributed by atoms with Gasteiger partial charge in [-0.1, -0.05) is 26.7 Å². The van der Waals surface area contributed by atoms with Crippen LogP contribution in [-0.4, -0.2) is 47.2 Å². The first-order valence-electron chi connectivity index (χ1n) is 7.38. The van der Waals surface area contributed by atoms with Crippen molar-refractivity contribution in [3.63, 3.8) is 0 Å². The van der Waals surface area contributed by atoms with Crippen LogP contribution in [0, 0.1) is 5.92 Å². The van der Waals surface area contributed by atoms with Gasteiger partial charge in [-0.2, -0.15) is 0 Å². The molecule has 1 aliphatic carbocycles. The minimum atomic E-state index is -0.372. The molecule has 2 N–H and O–H groups in total. The lowest BCUT2D eigenvalue weighted by Crippen LogP contribution is -2.43. The second kappa shape index (κ2) is 6.02. The Bertz CT molecular complexity index is 288. The van der Waals surface area contributed by atoms with Gasteiger partial charge in [-0.25, -0.2) is 0 Å². The summed E-state index contributed by atoms with van der Waals surface area (Å²) in [4.78, 5) is 14.0. The van der Waals surface area contributed by atoms with Crippen molar-refractivity contribution in [2.75, 3.05) is 13.1 Å². The van der Waals surface area contributed by atoms with Gasteiger partial charge < -0.3 is 15.3 Å². The Labute approximate surface area is 110 Å². The highest BCUT2D eigenvalue weighted by Crippen LogP contribution is 2.23. The Morgan fingerprint density at radius 1 is 1.33 bits per heavy atom. The number of aliphatic hydroxyl groups is 1. The second-order valence-corrected chi connectivity index (χ2v) is 5.71. The van der Waals surface area contributed by atoms with Gasteiger partial charge >= 0.3 is 0 Å². The van der Waals surface area contributed by atoms with Gasteiger partial charge in [0.25, 0.3) is 0 Å². The maximum atomic E-state index is 12.2. The molecule has 0 aromatic carbocycles.